The van der Waals surface area contributed by atoms with Gasteiger partial charge in [-0.2, -0.15) is 0 Å². The zero-order chi connectivity index (χ0) is 15.6. The summed E-state index contributed by atoms with van der Waals surface area (Å²) in [5, 5.41) is 1.17. The summed E-state index contributed by atoms with van der Waals surface area (Å²) in [7, 11) is 0. The van der Waals surface area contributed by atoms with Gasteiger partial charge < -0.3 is 38.8 Å². The van der Waals surface area contributed by atoms with Gasteiger partial charge in [-0.05, 0) is 35.1 Å². The maximum atomic E-state index is 6.15. The lowest BCUT2D eigenvalue weighted by Crippen LogP contribution is -2.05. The Kier molecular flexibility index (Phi) is 2.70. The molecule has 8 heteroatoms. The molecule has 12 N–H and O–H groups in total. The van der Waals surface area contributed by atoms with Gasteiger partial charge in [0, 0.05) is 0 Å². The number of halogens is 1. The number of hydrogen-bond acceptors (Lipinski definition) is 7. The summed E-state index contributed by atoms with van der Waals surface area (Å²) >= 11 is 2.15. The topological polar surface area (TPSA) is 169 Å². The first-order valence-electron chi connectivity index (χ1n) is 6.08. The van der Waals surface area contributed by atoms with Gasteiger partial charge in [0.2, 0.25) is 0 Å². The largest absolute Gasteiger partial charge is 0.453 e. The van der Waals surface area contributed by atoms with Crippen LogP contribution in [-0.4, -0.2) is 0 Å². The molecule has 1 heterocycles. The number of nitrogens with two attached hydrogens (primary N) is 6. The quantitative estimate of drug-likeness (QED) is 0.248. The average Bonchev–Trinajstić information content (AvgIpc) is 2.87. The normalized spacial score (nSPS) is 11.5. The van der Waals surface area contributed by atoms with Crippen LogP contribution in [-0.2, 0) is 0 Å². The van der Waals surface area contributed by atoms with Gasteiger partial charge in [-0.25, -0.2) is 0 Å². The monoisotopic (exact) mass is 398 g/mol. The standard InChI is InChI=1S/C13H15IN6O/c1-2-5(14)12-3(7(16)6(2)15)4-8(17)9(18)10(19)11(20)13(4)21-12/h15-20H2,1H3. The van der Waals surface area contributed by atoms with Crippen molar-refractivity contribution in [1.82, 2.24) is 0 Å². The van der Waals surface area contributed by atoms with Crippen LogP contribution in [0.15, 0.2) is 4.42 Å². The first-order chi connectivity index (χ1) is 9.77. The molecule has 0 saturated carbocycles. The predicted molar refractivity (Wildman–Crippen MR) is 97.6 cm³/mol. The van der Waals surface area contributed by atoms with E-state index in [1.807, 2.05) is 6.92 Å². The van der Waals surface area contributed by atoms with Crippen molar-refractivity contribution in [2.45, 2.75) is 6.92 Å². The van der Waals surface area contributed by atoms with Crippen LogP contribution in [0.4, 0.5) is 34.1 Å². The van der Waals surface area contributed by atoms with Crippen molar-refractivity contribution in [3.8, 4) is 0 Å². The van der Waals surface area contributed by atoms with Crippen molar-refractivity contribution in [2.75, 3.05) is 34.4 Å². The van der Waals surface area contributed by atoms with E-state index in [4.69, 9.17) is 38.8 Å². The third-order valence-corrected chi connectivity index (χ3v) is 5.08. The molecule has 0 atom stereocenters. The van der Waals surface area contributed by atoms with Gasteiger partial charge in [0.1, 0.15) is 5.69 Å². The fourth-order valence-electron chi connectivity index (χ4n) is 2.46. The predicted octanol–water partition coefficient (Wildman–Crippen LogP) is 1.99. The number of rotatable bonds is 0. The summed E-state index contributed by atoms with van der Waals surface area (Å²) < 4.78 is 6.71. The van der Waals surface area contributed by atoms with E-state index in [1.165, 1.54) is 0 Å². The molecule has 0 radical (unpaired) electrons. The molecule has 0 amide bonds. The molecule has 0 unspecified atom stereocenters. The number of benzene rings is 2. The highest BCUT2D eigenvalue weighted by Gasteiger charge is 2.24. The third-order valence-electron chi connectivity index (χ3n) is 3.78. The summed E-state index contributed by atoms with van der Waals surface area (Å²) in [6, 6.07) is 0. The van der Waals surface area contributed by atoms with Crippen LogP contribution in [0.5, 0.6) is 0 Å². The summed E-state index contributed by atoms with van der Waals surface area (Å²) in [6.07, 6.45) is 0. The zero-order valence-corrected chi connectivity index (χ0v) is 13.4. The van der Waals surface area contributed by atoms with E-state index in [-0.39, 0.29) is 17.1 Å². The van der Waals surface area contributed by atoms with Gasteiger partial charge in [0.15, 0.2) is 11.2 Å². The lowest BCUT2D eigenvalue weighted by molar-refractivity contribution is 0.668. The Bertz CT molecular complexity index is 856. The smallest absolute Gasteiger partial charge is 0.162 e. The summed E-state index contributed by atoms with van der Waals surface area (Å²) in [4.78, 5) is 0. The Hall–Kier alpha value is -2.23. The number of nitrogen functional groups attached to an aromatic ring is 6. The van der Waals surface area contributed by atoms with E-state index in [0.29, 0.717) is 39.0 Å². The van der Waals surface area contributed by atoms with Crippen molar-refractivity contribution < 1.29 is 4.42 Å². The van der Waals surface area contributed by atoms with Crippen molar-refractivity contribution in [1.29, 1.82) is 0 Å². The molecular weight excluding hydrogens is 383 g/mol. The Morgan fingerprint density at radius 2 is 1.14 bits per heavy atom. The van der Waals surface area contributed by atoms with Crippen molar-refractivity contribution in [2.24, 2.45) is 0 Å². The fourth-order valence-corrected chi connectivity index (χ4v) is 3.13. The average molecular weight is 398 g/mol. The molecule has 7 nitrogen and oxygen atoms in total. The molecule has 0 aliphatic heterocycles. The maximum absolute atomic E-state index is 6.15. The van der Waals surface area contributed by atoms with E-state index in [2.05, 4.69) is 22.6 Å². The SMILES string of the molecule is Cc1c(N)c(N)c2c(oc3c(N)c(N)c(N)c(N)c32)c1I. The molecule has 3 aromatic rings. The number of hydrogen-bond donors (Lipinski definition) is 6. The highest BCUT2D eigenvalue weighted by molar-refractivity contribution is 14.1. The van der Waals surface area contributed by atoms with Gasteiger partial charge in [-0.1, -0.05) is 0 Å². The van der Waals surface area contributed by atoms with Crippen molar-refractivity contribution in [3.05, 3.63) is 9.13 Å². The lowest BCUT2D eigenvalue weighted by Gasteiger charge is -2.10. The van der Waals surface area contributed by atoms with E-state index >= 15 is 0 Å². The second-order valence-electron chi connectivity index (χ2n) is 4.93. The minimum Gasteiger partial charge on any atom is -0.453 e. The molecule has 110 valence electrons. The molecule has 1 aromatic heterocycles. The Labute approximate surface area is 133 Å². The Morgan fingerprint density at radius 1 is 0.667 bits per heavy atom. The number of fused-ring (bicyclic) bond motifs is 3. The fraction of sp³-hybridized carbons (Fsp3) is 0.0769. The number of furan rings is 1. The van der Waals surface area contributed by atoms with Gasteiger partial charge in [-0.3, -0.25) is 0 Å². The van der Waals surface area contributed by atoms with E-state index in [9.17, 15) is 0 Å². The Balaban J connectivity index is 2.73. The molecule has 21 heavy (non-hydrogen) atoms. The molecule has 0 spiro atoms. The summed E-state index contributed by atoms with van der Waals surface area (Å²) in [5.41, 5.74) is 39.7. The second-order valence-corrected chi connectivity index (χ2v) is 6.01. The third kappa shape index (κ3) is 1.53. The minimum absolute atomic E-state index is 0.206. The van der Waals surface area contributed by atoms with Crippen molar-refractivity contribution in [3.63, 3.8) is 0 Å². The van der Waals surface area contributed by atoms with E-state index in [1.54, 1.807) is 0 Å². The molecular formula is C13H15IN6O. The van der Waals surface area contributed by atoms with Gasteiger partial charge in [0.05, 0.1) is 42.8 Å². The highest BCUT2D eigenvalue weighted by atomic mass is 127. The summed E-state index contributed by atoms with van der Waals surface area (Å²) in [5.74, 6) is 0. The molecule has 3 rings (SSSR count). The maximum Gasteiger partial charge on any atom is 0.162 e. The van der Waals surface area contributed by atoms with E-state index in [0.717, 1.165) is 9.13 Å². The zero-order valence-electron chi connectivity index (χ0n) is 11.3. The molecule has 0 aliphatic rings. The lowest BCUT2D eigenvalue weighted by atomic mass is 10.0. The van der Waals surface area contributed by atoms with Crippen LogP contribution >= 0.6 is 22.6 Å². The first kappa shape index (κ1) is 13.7. The highest BCUT2D eigenvalue weighted by Crippen LogP contribution is 2.48. The minimum atomic E-state index is 0.206. The molecule has 0 bridgehead atoms. The first-order valence-corrected chi connectivity index (χ1v) is 7.16. The molecule has 0 aliphatic carbocycles. The Morgan fingerprint density at radius 3 is 1.76 bits per heavy atom. The van der Waals surface area contributed by atoms with Gasteiger partial charge in [-0.15, -0.1) is 0 Å². The molecule has 0 fully saturated rings. The number of anilines is 6. The van der Waals surface area contributed by atoms with Crippen LogP contribution in [0.1, 0.15) is 5.56 Å². The van der Waals surface area contributed by atoms with E-state index < -0.39 is 0 Å². The molecule has 2 aromatic carbocycles. The molecule has 0 saturated heterocycles. The van der Waals surface area contributed by atoms with Gasteiger partial charge in [0.25, 0.3) is 0 Å². The van der Waals surface area contributed by atoms with Gasteiger partial charge >= 0.3 is 0 Å². The second kappa shape index (κ2) is 4.13. The van der Waals surface area contributed by atoms with Crippen LogP contribution in [0.2, 0.25) is 0 Å². The van der Waals surface area contributed by atoms with Crippen molar-refractivity contribution >= 4 is 78.7 Å². The van der Waals surface area contributed by atoms with Crippen LogP contribution in [0, 0.1) is 10.5 Å². The van der Waals surface area contributed by atoms with Crippen LogP contribution < -0.4 is 34.4 Å². The van der Waals surface area contributed by atoms with Crippen LogP contribution in [0.3, 0.4) is 0 Å². The summed E-state index contributed by atoms with van der Waals surface area (Å²) in [6.45, 7) is 1.87. The van der Waals surface area contributed by atoms with Crippen LogP contribution in [0.25, 0.3) is 21.9 Å².